The van der Waals surface area contributed by atoms with Crippen molar-refractivity contribution in [2.75, 3.05) is 13.7 Å². The van der Waals surface area contributed by atoms with Gasteiger partial charge in [-0.15, -0.1) is 0 Å². The second-order valence-electron chi connectivity index (χ2n) is 2.98. The minimum absolute atomic E-state index is 0.0974. The number of carboxylic acid groups (broad SMARTS) is 2. The van der Waals surface area contributed by atoms with E-state index in [0.717, 1.165) is 4.90 Å². The molecule has 1 amide bonds. The van der Waals surface area contributed by atoms with Crippen molar-refractivity contribution in [2.45, 2.75) is 12.5 Å². The summed E-state index contributed by atoms with van der Waals surface area (Å²) in [6.07, 6.45) is 0.353. The minimum Gasteiger partial charge on any atom is -0.504 e. The molecule has 0 aliphatic carbocycles. The van der Waals surface area contributed by atoms with Crippen molar-refractivity contribution < 1.29 is 24.5 Å². The summed E-state index contributed by atoms with van der Waals surface area (Å²) in [6.45, 7) is 0.0974. The fraction of sp³-hybridized carbons (Fsp3) is 0.500. The normalized spacial score (nSPS) is 23.9. The summed E-state index contributed by atoms with van der Waals surface area (Å²) in [5.41, 5.74) is 0.669. The zero-order valence-electron chi connectivity index (χ0n) is 7.64. The highest BCUT2D eigenvalue weighted by molar-refractivity contribution is 5.81. The molecule has 0 radical (unpaired) electrons. The molecular formula is C8H11NO5. The fourth-order valence-electron chi connectivity index (χ4n) is 1.43. The highest BCUT2D eigenvalue weighted by atomic mass is 16.5. The van der Waals surface area contributed by atoms with Crippen LogP contribution in [0.25, 0.3) is 0 Å². The van der Waals surface area contributed by atoms with Crippen molar-refractivity contribution in [3.63, 3.8) is 0 Å². The number of rotatable bonds is 2. The van der Waals surface area contributed by atoms with Crippen LogP contribution in [0.1, 0.15) is 6.42 Å². The van der Waals surface area contributed by atoms with Gasteiger partial charge in [0.05, 0.1) is 13.4 Å². The maximum absolute atomic E-state index is 10.7. The highest BCUT2D eigenvalue weighted by Gasteiger charge is 2.36. The SMILES string of the molecule is COC=C1CC(C(=O)O)N(C(=O)O)C1. The molecule has 0 saturated carbocycles. The summed E-state index contributed by atoms with van der Waals surface area (Å²) in [6, 6.07) is -0.992. The van der Waals surface area contributed by atoms with E-state index in [1.807, 2.05) is 0 Å². The van der Waals surface area contributed by atoms with Gasteiger partial charge in [0.15, 0.2) is 0 Å². The quantitative estimate of drug-likeness (QED) is 0.629. The first kappa shape index (κ1) is 10.4. The van der Waals surface area contributed by atoms with Crippen LogP contribution in [0, 0.1) is 0 Å². The van der Waals surface area contributed by atoms with Crippen molar-refractivity contribution in [1.29, 1.82) is 0 Å². The molecule has 14 heavy (non-hydrogen) atoms. The number of aliphatic carboxylic acids is 1. The Morgan fingerprint density at radius 2 is 2.21 bits per heavy atom. The molecule has 2 N–H and O–H groups in total. The molecule has 6 heteroatoms. The van der Waals surface area contributed by atoms with Crippen molar-refractivity contribution in [3.05, 3.63) is 11.8 Å². The van der Waals surface area contributed by atoms with Gasteiger partial charge in [-0.25, -0.2) is 9.59 Å². The van der Waals surface area contributed by atoms with Crippen molar-refractivity contribution >= 4 is 12.1 Å². The van der Waals surface area contributed by atoms with Crippen molar-refractivity contribution in [1.82, 2.24) is 4.90 Å². The number of hydrogen-bond acceptors (Lipinski definition) is 3. The standard InChI is InChI=1S/C8H11NO5/c1-14-4-5-2-6(7(10)11)9(3-5)8(12)13/h4,6H,2-3H2,1H3,(H,10,11)(H,12,13). The molecule has 1 heterocycles. The fourth-order valence-corrected chi connectivity index (χ4v) is 1.43. The Balaban J connectivity index is 2.80. The van der Waals surface area contributed by atoms with Crippen molar-refractivity contribution in [2.24, 2.45) is 0 Å². The first-order valence-electron chi connectivity index (χ1n) is 3.99. The van der Waals surface area contributed by atoms with Gasteiger partial charge in [-0.1, -0.05) is 0 Å². The highest BCUT2D eigenvalue weighted by Crippen LogP contribution is 2.22. The molecule has 0 aromatic heterocycles. The third kappa shape index (κ3) is 1.95. The number of carbonyl (C=O) groups is 2. The van der Waals surface area contributed by atoms with Gasteiger partial charge in [-0.2, -0.15) is 0 Å². The number of carboxylic acids is 1. The number of hydrogen-bond donors (Lipinski definition) is 2. The Morgan fingerprint density at radius 3 is 2.57 bits per heavy atom. The zero-order chi connectivity index (χ0) is 10.7. The van der Waals surface area contributed by atoms with Gasteiger partial charge >= 0.3 is 12.1 Å². The van der Waals surface area contributed by atoms with Crippen LogP contribution < -0.4 is 0 Å². The molecule has 1 aliphatic heterocycles. The van der Waals surface area contributed by atoms with Gasteiger partial charge in [0, 0.05) is 13.0 Å². The van der Waals surface area contributed by atoms with Gasteiger partial charge < -0.3 is 14.9 Å². The Bertz CT molecular complexity index is 261. The summed E-state index contributed by atoms with van der Waals surface area (Å²) in [5, 5.41) is 17.5. The van der Waals surface area contributed by atoms with Crippen LogP contribution in [0.15, 0.2) is 11.8 Å². The van der Waals surface area contributed by atoms with Crippen LogP contribution in [0.5, 0.6) is 0 Å². The maximum Gasteiger partial charge on any atom is 0.408 e. The molecule has 0 aromatic carbocycles. The lowest BCUT2D eigenvalue weighted by Crippen LogP contribution is -2.39. The summed E-state index contributed by atoms with van der Waals surface area (Å²) in [5.74, 6) is -1.13. The van der Waals surface area contributed by atoms with E-state index in [1.165, 1.54) is 13.4 Å². The first-order valence-corrected chi connectivity index (χ1v) is 3.99. The third-order valence-electron chi connectivity index (χ3n) is 2.02. The van der Waals surface area contributed by atoms with E-state index in [-0.39, 0.29) is 13.0 Å². The van der Waals surface area contributed by atoms with E-state index in [9.17, 15) is 9.59 Å². The van der Waals surface area contributed by atoms with E-state index >= 15 is 0 Å². The molecule has 0 aromatic rings. The van der Waals surface area contributed by atoms with Crippen LogP contribution in [-0.2, 0) is 9.53 Å². The number of likely N-dealkylation sites (tertiary alicyclic amines) is 1. The lowest BCUT2D eigenvalue weighted by Gasteiger charge is -2.16. The topological polar surface area (TPSA) is 87.1 Å². The van der Waals surface area contributed by atoms with E-state index in [0.29, 0.717) is 5.57 Å². The molecule has 1 unspecified atom stereocenters. The second kappa shape index (κ2) is 3.99. The predicted molar refractivity (Wildman–Crippen MR) is 45.9 cm³/mol. The molecule has 1 aliphatic rings. The summed E-state index contributed by atoms with van der Waals surface area (Å²) in [7, 11) is 1.44. The van der Waals surface area contributed by atoms with Gasteiger partial charge in [0.2, 0.25) is 0 Å². The van der Waals surface area contributed by atoms with Crippen LogP contribution in [-0.4, -0.2) is 46.9 Å². The lowest BCUT2D eigenvalue weighted by atomic mass is 10.2. The second-order valence-corrected chi connectivity index (χ2v) is 2.98. The monoisotopic (exact) mass is 201 g/mol. The smallest absolute Gasteiger partial charge is 0.408 e. The molecule has 1 rings (SSSR count). The molecule has 1 saturated heterocycles. The Morgan fingerprint density at radius 1 is 1.57 bits per heavy atom. The molecular weight excluding hydrogens is 190 g/mol. The van der Waals surface area contributed by atoms with Crippen LogP contribution in [0.4, 0.5) is 4.79 Å². The Labute approximate surface area is 80.4 Å². The lowest BCUT2D eigenvalue weighted by molar-refractivity contribution is -0.141. The summed E-state index contributed by atoms with van der Waals surface area (Å²) in [4.78, 5) is 22.2. The Kier molecular flexibility index (Phi) is 2.95. The molecule has 78 valence electrons. The largest absolute Gasteiger partial charge is 0.504 e. The molecule has 6 nitrogen and oxygen atoms in total. The number of methoxy groups -OCH3 is 1. The number of ether oxygens (including phenoxy) is 1. The van der Waals surface area contributed by atoms with Crippen molar-refractivity contribution in [3.8, 4) is 0 Å². The van der Waals surface area contributed by atoms with E-state index in [1.54, 1.807) is 0 Å². The Hall–Kier alpha value is -1.72. The number of nitrogens with zero attached hydrogens (tertiary/aromatic N) is 1. The molecule has 0 spiro atoms. The third-order valence-corrected chi connectivity index (χ3v) is 2.02. The van der Waals surface area contributed by atoms with E-state index in [2.05, 4.69) is 0 Å². The zero-order valence-corrected chi connectivity index (χ0v) is 7.64. The van der Waals surface area contributed by atoms with Gasteiger partial charge in [-0.3, -0.25) is 4.90 Å². The summed E-state index contributed by atoms with van der Waals surface area (Å²) >= 11 is 0. The maximum atomic E-state index is 10.7. The molecule has 1 fully saturated rings. The van der Waals surface area contributed by atoms with E-state index < -0.39 is 18.1 Å². The summed E-state index contributed by atoms with van der Waals surface area (Å²) < 4.78 is 4.71. The van der Waals surface area contributed by atoms with Gasteiger partial charge in [0.1, 0.15) is 6.04 Å². The molecule has 0 bridgehead atoms. The van der Waals surface area contributed by atoms with E-state index in [4.69, 9.17) is 14.9 Å². The average Bonchev–Trinajstić information content (AvgIpc) is 2.49. The van der Waals surface area contributed by atoms with Crippen LogP contribution in [0.3, 0.4) is 0 Å². The molecule has 1 atom stereocenters. The van der Waals surface area contributed by atoms with Gasteiger partial charge in [-0.05, 0) is 5.57 Å². The van der Waals surface area contributed by atoms with Crippen LogP contribution in [0.2, 0.25) is 0 Å². The number of amides is 1. The first-order chi connectivity index (χ1) is 6.56. The minimum atomic E-state index is -1.23. The van der Waals surface area contributed by atoms with Gasteiger partial charge in [0.25, 0.3) is 0 Å². The average molecular weight is 201 g/mol. The van der Waals surface area contributed by atoms with Crippen LogP contribution >= 0.6 is 0 Å². The predicted octanol–water partition coefficient (Wildman–Crippen LogP) is 0.354.